The van der Waals surface area contributed by atoms with Crippen molar-refractivity contribution >= 4 is 16.8 Å². The summed E-state index contributed by atoms with van der Waals surface area (Å²) in [6, 6.07) is 21.1. The monoisotopic (exact) mass is 462 g/mol. The largest absolute Gasteiger partial charge is 0.387 e. The van der Waals surface area contributed by atoms with Gasteiger partial charge in [0.25, 0.3) is 0 Å². The Morgan fingerprint density at radius 1 is 1.00 bits per heavy atom. The van der Waals surface area contributed by atoms with Crippen molar-refractivity contribution in [1.82, 2.24) is 14.3 Å². The second-order valence-corrected chi connectivity index (χ2v) is 9.06. The number of aliphatic hydroxyl groups is 1. The Morgan fingerprint density at radius 3 is 2.42 bits per heavy atom. The van der Waals surface area contributed by atoms with Crippen molar-refractivity contribution in [3.63, 3.8) is 0 Å². The third-order valence-corrected chi connectivity index (χ3v) is 6.65. The number of nitrogens with zero attached hydrogens (tertiary/aromatic N) is 3. The van der Waals surface area contributed by atoms with Crippen molar-refractivity contribution in [3.8, 4) is 22.4 Å². The van der Waals surface area contributed by atoms with Gasteiger partial charge in [0.2, 0.25) is 0 Å². The maximum Gasteiger partial charge on any atom is 0.141 e. The highest BCUT2D eigenvalue weighted by Crippen LogP contribution is 2.31. The molecular weight excluding hydrogens is 439 g/mol. The average Bonchev–Trinajstić information content (AvgIpc) is 2.84. The number of aromatic nitrogens is 2. The zero-order valence-corrected chi connectivity index (χ0v) is 18.7. The zero-order chi connectivity index (χ0) is 23.4. The Morgan fingerprint density at radius 2 is 1.73 bits per heavy atom. The number of aliphatic hydroxyl groups excluding tert-OH is 1. The van der Waals surface area contributed by atoms with E-state index in [1.54, 1.807) is 41.7 Å². The minimum absolute atomic E-state index is 0.175. The van der Waals surface area contributed by atoms with E-state index in [1.165, 1.54) is 18.5 Å². The average molecular weight is 463 g/mol. The molecule has 3 N–H and O–H groups in total. The van der Waals surface area contributed by atoms with E-state index in [1.807, 2.05) is 36.4 Å². The minimum atomic E-state index is -1.57. The standard InChI is InChI=1S/C25H23FN4O2S/c1-30(16-23(31)17-7-3-2-4-8-17)33(32)24-10-6-5-9-19(24)18-11-12-20(21(26)13-18)22-14-29-25(27)15-28-22/h2-15,23,31H,16H2,1H3,(H2,27,29)/t23-,33?/m1/s1. The van der Waals surface area contributed by atoms with E-state index < -0.39 is 22.9 Å². The van der Waals surface area contributed by atoms with Crippen molar-refractivity contribution in [2.75, 3.05) is 19.3 Å². The van der Waals surface area contributed by atoms with Crippen LogP contribution in [-0.2, 0) is 11.0 Å². The lowest BCUT2D eigenvalue weighted by molar-refractivity contribution is 0.157. The van der Waals surface area contributed by atoms with Gasteiger partial charge in [-0.25, -0.2) is 17.9 Å². The molecule has 0 bridgehead atoms. The molecule has 8 heteroatoms. The summed E-state index contributed by atoms with van der Waals surface area (Å²) >= 11 is 0. The van der Waals surface area contributed by atoms with Crippen LogP contribution in [0.15, 0.2) is 90.1 Å². The number of likely N-dealkylation sites (N-methyl/N-ethyl adjacent to an activating group) is 1. The molecule has 3 aromatic carbocycles. The molecule has 1 aromatic heterocycles. The van der Waals surface area contributed by atoms with Crippen LogP contribution in [0.3, 0.4) is 0 Å². The predicted molar refractivity (Wildman–Crippen MR) is 128 cm³/mol. The number of nitrogen functional groups attached to an aromatic ring is 1. The lowest BCUT2D eigenvalue weighted by Crippen LogP contribution is -2.27. The molecule has 6 nitrogen and oxygen atoms in total. The van der Waals surface area contributed by atoms with E-state index in [0.29, 0.717) is 27.3 Å². The van der Waals surface area contributed by atoms with Gasteiger partial charge in [0.1, 0.15) is 22.6 Å². The molecule has 1 heterocycles. The normalized spacial score (nSPS) is 13.1. The number of rotatable bonds is 7. The van der Waals surface area contributed by atoms with E-state index >= 15 is 0 Å². The molecular formula is C25H23FN4O2S. The van der Waals surface area contributed by atoms with Gasteiger partial charge in [-0.15, -0.1) is 0 Å². The number of hydrogen-bond acceptors (Lipinski definition) is 5. The summed E-state index contributed by atoms with van der Waals surface area (Å²) in [6.07, 6.45) is 2.01. The maximum atomic E-state index is 15.0. The quantitative estimate of drug-likeness (QED) is 0.429. The van der Waals surface area contributed by atoms with Gasteiger partial charge in [-0.2, -0.15) is 0 Å². The number of hydrogen-bond donors (Lipinski definition) is 2. The molecule has 0 fully saturated rings. The molecule has 0 amide bonds. The second-order valence-electron chi connectivity index (χ2n) is 7.50. The van der Waals surface area contributed by atoms with E-state index in [9.17, 15) is 13.7 Å². The third-order valence-electron chi connectivity index (χ3n) is 5.20. The van der Waals surface area contributed by atoms with E-state index in [4.69, 9.17) is 5.73 Å². The lowest BCUT2D eigenvalue weighted by Gasteiger charge is -2.21. The van der Waals surface area contributed by atoms with Crippen LogP contribution in [0.5, 0.6) is 0 Å². The van der Waals surface area contributed by atoms with Crippen LogP contribution >= 0.6 is 0 Å². The fraction of sp³-hybridized carbons (Fsp3) is 0.120. The third kappa shape index (κ3) is 5.14. The highest BCUT2D eigenvalue weighted by molar-refractivity contribution is 7.82. The molecule has 1 unspecified atom stereocenters. The van der Waals surface area contributed by atoms with Gasteiger partial charge in [0, 0.05) is 19.2 Å². The van der Waals surface area contributed by atoms with Crippen LogP contribution in [0.1, 0.15) is 11.7 Å². The molecule has 0 saturated heterocycles. The van der Waals surface area contributed by atoms with Crippen LogP contribution in [0.4, 0.5) is 10.2 Å². The summed E-state index contributed by atoms with van der Waals surface area (Å²) in [6.45, 7) is 0.175. The smallest absolute Gasteiger partial charge is 0.141 e. The Hall–Kier alpha value is -3.46. The second kappa shape index (κ2) is 9.99. The van der Waals surface area contributed by atoms with Crippen LogP contribution in [0.25, 0.3) is 22.4 Å². The van der Waals surface area contributed by atoms with E-state index in [-0.39, 0.29) is 12.4 Å². The van der Waals surface area contributed by atoms with Crippen LogP contribution in [-0.4, -0.2) is 37.2 Å². The first-order chi connectivity index (χ1) is 15.9. The highest BCUT2D eigenvalue weighted by Gasteiger charge is 2.20. The van der Waals surface area contributed by atoms with Crippen LogP contribution in [0.2, 0.25) is 0 Å². The molecule has 0 aliphatic carbocycles. The summed E-state index contributed by atoms with van der Waals surface area (Å²) in [4.78, 5) is 8.62. The Bertz CT molecular complexity index is 1270. The molecule has 2 atom stereocenters. The summed E-state index contributed by atoms with van der Waals surface area (Å²) in [5.74, 6) is -0.214. The van der Waals surface area contributed by atoms with E-state index in [2.05, 4.69) is 9.97 Å². The van der Waals surface area contributed by atoms with Gasteiger partial charge < -0.3 is 10.8 Å². The molecule has 4 rings (SSSR count). The van der Waals surface area contributed by atoms with Crippen molar-refractivity contribution in [1.29, 1.82) is 0 Å². The van der Waals surface area contributed by atoms with Crippen molar-refractivity contribution < 1.29 is 13.7 Å². The lowest BCUT2D eigenvalue weighted by atomic mass is 10.0. The summed E-state index contributed by atoms with van der Waals surface area (Å²) in [5, 5.41) is 10.5. The first kappa shape index (κ1) is 22.7. The van der Waals surface area contributed by atoms with Gasteiger partial charge in [0.15, 0.2) is 0 Å². The number of anilines is 1. The van der Waals surface area contributed by atoms with Crippen molar-refractivity contribution in [2.45, 2.75) is 11.0 Å². The van der Waals surface area contributed by atoms with Gasteiger partial charge >= 0.3 is 0 Å². The molecule has 0 radical (unpaired) electrons. The highest BCUT2D eigenvalue weighted by atomic mass is 32.2. The molecule has 0 aliphatic rings. The Balaban J connectivity index is 1.60. The summed E-state index contributed by atoms with van der Waals surface area (Å²) in [5.41, 5.74) is 8.21. The van der Waals surface area contributed by atoms with Gasteiger partial charge in [0.05, 0.1) is 29.1 Å². The van der Waals surface area contributed by atoms with Gasteiger partial charge in [-0.1, -0.05) is 54.6 Å². The van der Waals surface area contributed by atoms with Gasteiger partial charge in [-0.3, -0.25) is 4.98 Å². The number of halogens is 1. The van der Waals surface area contributed by atoms with Crippen LogP contribution in [0, 0.1) is 5.82 Å². The van der Waals surface area contributed by atoms with Gasteiger partial charge in [-0.05, 0) is 34.9 Å². The number of benzene rings is 3. The SMILES string of the molecule is CN(C[C@@H](O)c1ccccc1)S(=O)c1ccccc1-c1ccc(-c2cnc(N)cn2)c(F)c1. The predicted octanol–water partition coefficient (Wildman–Crippen LogP) is 4.22. The maximum absolute atomic E-state index is 15.0. The molecule has 0 aliphatic heterocycles. The molecule has 4 aromatic rings. The van der Waals surface area contributed by atoms with Crippen LogP contribution < -0.4 is 5.73 Å². The van der Waals surface area contributed by atoms with Crippen molar-refractivity contribution in [3.05, 3.63) is 96.6 Å². The first-order valence-electron chi connectivity index (χ1n) is 10.3. The molecule has 33 heavy (non-hydrogen) atoms. The minimum Gasteiger partial charge on any atom is -0.387 e. The molecule has 168 valence electrons. The summed E-state index contributed by atoms with van der Waals surface area (Å²) in [7, 11) is 0.113. The van der Waals surface area contributed by atoms with Crippen molar-refractivity contribution in [2.24, 2.45) is 0 Å². The summed E-state index contributed by atoms with van der Waals surface area (Å²) < 4.78 is 29.8. The zero-order valence-electron chi connectivity index (χ0n) is 17.9. The fourth-order valence-electron chi connectivity index (χ4n) is 3.48. The first-order valence-corrected chi connectivity index (χ1v) is 11.4. The van der Waals surface area contributed by atoms with E-state index in [0.717, 1.165) is 5.56 Å². The molecule has 0 saturated carbocycles. The Labute approximate surface area is 194 Å². The molecule has 0 spiro atoms. The Kier molecular flexibility index (Phi) is 6.88. The number of nitrogens with two attached hydrogens (primary N) is 1. The topological polar surface area (TPSA) is 92.3 Å². The fourth-order valence-corrected chi connectivity index (χ4v) is 4.67.